The van der Waals surface area contributed by atoms with Gasteiger partial charge in [-0.15, -0.1) is 0 Å². The Morgan fingerprint density at radius 3 is 2.84 bits per heavy atom. The SMILES string of the molecule is CCOC(=O)N1CC=CC=C1c1cc(O)c2c(c1)C(=O)CCC2(C)C. The third kappa shape index (κ3) is 3.06. The summed E-state index contributed by atoms with van der Waals surface area (Å²) >= 11 is 0. The van der Waals surface area contributed by atoms with E-state index in [4.69, 9.17) is 4.74 Å². The minimum Gasteiger partial charge on any atom is -0.508 e. The topological polar surface area (TPSA) is 66.8 Å². The average molecular weight is 341 g/mol. The molecule has 0 spiro atoms. The van der Waals surface area contributed by atoms with E-state index in [2.05, 4.69) is 0 Å². The molecule has 0 atom stereocenters. The lowest BCUT2D eigenvalue weighted by Crippen LogP contribution is -2.32. The Hall–Kier alpha value is -2.56. The molecule has 1 amide bonds. The second-order valence-corrected chi connectivity index (χ2v) is 7.01. The number of phenols is 1. The van der Waals surface area contributed by atoms with Crippen LogP contribution in [0, 0.1) is 0 Å². The molecule has 1 aliphatic carbocycles. The molecule has 25 heavy (non-hydrogen) atoms. The number of hydrogen-bond acceptors (Lipinski definition) is 4. The summed E-state index contributed by atoms with van der Waals surface area (Å²) in [6, 6.07) is 3.42. The van der Waals surface area contributed by atoms with Crippen LogP contribution in [0.3, 0.4) is 0 Å². The van der Waals surface area contributed by atoms with Gasteiger partial charge in [0.25, 0.3) is 0 Å². The molecule has 1 aromatic rings. The summed E-state index contributed by atoms with van der Waals surface area (Å²) in [7, 11) is 0. The van der Waals surface area contributed by atoms with Crippen molar-refractivity contribution in [2.45, 2.75) is 39.0 Å². The maximum absolute atomic E-state index is 12.4. The first-order valence-corrected chi connectivity index (χ1v) is 8.57. The summed E-state index contributed by atoms with van der Waals surface area (Å²) in [5.41, 5.74) is 2.25. The maximum Gasteiger partial charge on any atom is 0.414 e. The molecule has 0 fully saturated rings. The minimum atomic E-state index is -0.443. The number of ketones is 1. The Labute approximate surface area is 147 Å². The van der Waals surface area contributed by atoms with E-state index >= 15 is 0 Å². The minimum absolute atomic E-state index is 0.0288. The predicted octanol–water partition coefficient (Wildman–Crippen LogP) is 4.02. The van der Waals surface area contributed by atoms with Crippen molar-refractivity contribution in [3.8, 4) is 5.75 Å². The molecule has 0 saturated carbocycles. The van der Waals surface area contributed by atoms with Crippen molar-refractivity contribution in [3.05, 3.63) is 47.1 Å². The summed E-state index contributed by atoms with van der Waals surface area (Å²) in [6.07, 6.45) is 6.23. The first-order chi connectivity index (χ1) is 11.8. The number of phenolic OH excluding ortho intramolecular Hbond substituents is 1. The number of ether oxygens (including phenoxy) is 1. The summed E-state index contributed by atoms with van der Waals surface area (Å²) in [5, 5.41) is 10.6. The number of carbonyl (C=O) groups is 2. The lowest BCUT2D eigenvalue weighted by Gasteiger charge is -2.33. The number of carbonyl (C=O) groups excluding carboxylic acids is 2. The van der Waals surface area contributed by atoms with Crippen LogP contribution < -0.4 is 0 Å². The zero-order chi connectivity index (χ0) is 18.2. The highest BCUT2D eigenvalue weighted by Crippen LogP contribution is 2.43. The van der Waals surface area contributed by atoms with Crippen LogP contribution in [0.15, 0.2) is 30.4 Å². The Morgan fingerprint density at radius 2 is 2.12 bits per heavy atom. The van der Waals surface area contributed by atoms with Gasteiger partial charge >= 0.3 is 6.09 Å². The molecule has 5 nitrogen and oxygen atoms in total. The predicted molar refractivity (Wildman–Crippen MR) is 95.5 cm³/mol. The van der Waals surface area contributed by atoms with Gasteiger partial charge in [0.1, 0.15) is 5.75 Å². The highest BCUT2D eigenvalue weighted by atomic mass is 16.6. The first kappa shape index (κ1) is 17.3. The number of fused-ring (bicyclic) bond motifs is 1. The zero-order valence-corrected chi connectivity index (χ0v) is 14.8. The highest BCUT2D eigenvalue weighted by Gasteiger charge is 2.35. The van der Waals surface area contributed by atoms with Gasteiger partial charge in [-0.3, -0.25) is 9.69 Å². The molecule has 132 valence electrons. The van der Waals surface area contributed by atoms with Crippen molar-refractivity contribution in [1.82, 2.24) is 4.90 Å². The fraction of sp³-hybridized carbons (Fsp3) is 0.400. The molecular weight excluding hydrogens is 318 g/mol. The molecular formula is C20H23NO4. The largest absolute Gasteiger partial charge is 0.508 e. The van der Waals surface area contributed by atoms with Crippen LogP contribution >= 0.6 is 0 Å². The van der Waals surface area contributed by atoms with Crippen LogP contribution in [0.4, 0.5) is 4.79 Å². The Morgan fingerprint density at radius 1 is 1.36 bits per heavy atom. The molecule has 0 radical (unpaired) electrons. The highest BCUT2D eigenvalue weighted by molar-refractivity contribution is 6.01. The number of benzene rings is 1. The molecule has 0 bridgehead atoms. The van der Waals surface area contributed by atoms with E-state index in [0.717, 1.165) is 0 Å². The monoisotopic (exact) mass is 341 g/mol. The number of allylic oxidation sites excluding steroid dienone is 2. The fourth-order valence-corrected chi connectivity index (χ4v) is 3.53. The normalized spacial score (nSPS) is 18.6. The van der Waals surface area contributed by atoms with Crippen molar-refractivity contribution >= 4 is 17.6 Å². The van der Waals surface area contributed by atoms with Gasteiger partial charge in [-0.25, -0.2) is 4.79 Å². The third-order valence-electron chi connectivity index (χ3n) is 4.82. The van der Waals surface area contributed by atoms with E-state index in [9.17, 15) is 14.7 Å². The van der Waals surface area contributed by atoms with Gasteiger partial charge in [-0.1, -0.05) is 26.0 Å². The molecule has 3 rings (SSSR count). The smallest absolute Gasteiger partial charge is 0.414 e. The van der Waals surface area contributed by atoms with Crippen LogP contribution in [0.1, 0.15) is 55.1 Å². The average Bonchev–Trinajstić information content (AvgIpc) is 2.58. The van der Waals surface area contributed by atoms with Gasteiger partial charge in [-0.2, -0.15) is 0 Å². The Balaban J connectivity index is 2.09. The number of aromatic hydroxyl groups is 1. The summed E-state index contributed by atoms with van der Waals surface area (Å²) in [6.45, 7) is 6.50. The second kappa shape index (κ2) is 6.39. The van der Waals surface area contributed by atoms with Gasteiger partial charge in [0.15, 0.2) is 5.78 Å². The zero-order valence-electron chi connectivity index (χ0n) is 14.8. The van der Waals surface area contributed by atoms with E-state index < -0.39 is 6.09 Å². The number of hydrogen-bond donors (Lipinski definition) is 1. The van der Waals surface area contributed by atoms with Crippen molar-refractivity contribution in [2.24, 2.45) is 0 Å². The molecule has 2 aliphatic rings. The van der Waals surface area contributed by atoms with E-state index in [1.165, 1.54) is 4.90 Å². The summed E-state index contributed by atoms with van der Waals surface area (Å²) < 4.78 is 5.11. The molecule has 0 unspecified atom stereocenters. The number of nitrogens with zero attached hydrogens (tertiary/aromatic N) is 1. The van der Waals surface area contributed by atoms with E-state index in [-0.39, 0.29) is 23.6 Å². The van der Waals surface area contributed by atoms with Crippen LogP contribution in [-0.4, -0.2) is 35.0 Å². The Bertz CT molecular complexity index is 789. The molecule has 0 aromatic heterocycles. The first-order valence-electron chi connectivity index (χ1n) is 8.57. The lowest BCUT2D eigenvalue weighted by atomic mass is 9.71. The van der Waals surface area contributed by atoms with E-state index in [1.807, 2.05) is 26.0 Å². The van der Waals surface area contributed by atoms with Crippen molar-refractivity contribution in [1.29, 1.82) is 0 Å². The van der Waals surface area contributed by atoms with Gasteiger partial charge in [0.05, 0.1) is 12.3 Å². The lowest BCUT2D eigenvalue weighted by molar-refractivity contribution is 0.0955. The van der Waals surface area contributed by atoms with Gasteiger partial charge in [-0.05, 0) is 37.0 Å². The molecule has 1 aliphatic heterocycles. The van der Waals surface area contributed by atoms with E-state index in [1.54, 1.807) is 25.1 Å². The number of rotatable bonds is 2. The van der Waals surface area contributed by atoms with Crippen LogP contribution in [-0.2, 0) is 10.2 Å². The summed E-state index contributed by atoms with van der Waals surface area (Å²) in [5.74, 6) is 0.130. The van der Waals surface area contributed by atoms with Crippen molar-refractivity contribution in [2.75, 3.05) is 13.2 Å². The van der Waals surface area contributed by atoms with Crippen molar-refractivity contribution in [3.63, 3.8) is 0 Å². The van der Waals surface area contributed by atoms with Crippen LogP contribution in [0.25, 0.3) is 5.70 Å². The third-order valence-corrected chi connectivity index (χ3v) is 4.82. The number of amides is 1. The molecule has 1 aromatic carbocycles. The van der Waals surface area contributed by atoms with Gasteiger partial charge in [0.2, 0.25) is 0 Å². The molecule has 5 heteroatoms. The summed E-state index contributed by atoms with van der Waals surface area (Å²) in [4.78, 5) is 26.2. The van der Waals surface area contributed by atoms with Crippen LogP contribution in [0.5, 0.6) is 5.75 Å². The quantitative estimate of drug-likeness (QED) is 0.882. The van der Waals surface area contributed by atoms with Gasteiger partial charge < -0.3 is 9.84 Å². The second-order valence-electron chi connectivity index (χ2n) is 7.01. The van der Waals surface area contributed by atoms with Crippen LogP contribution in [0.2, 0.25) is 0 Å². The molecule has 1 N–H and O–H groups in total. The number of Topliss-reactive ketones (excluding diaryl/α,β-unsaturated/α-hetero) is 1. The fourth-order valence-electron chi connectivity index (χ4n) is 3.53. The van der Waals surface area contributed by atoms with Gasteiger partial charge in [0, 0.05) is 29.7 Å². The van der Waals surface area contributed by atoms with Crippen molar-refractivity contribution < 1.29 is 19.4 Å². The standard InChI is InChI=1S/C20H23NO4/c1-4-25-19(24)21-10-6-5-7-15(21)13-11-14-16(22)8-9-20(2,3)18(14)17(23)12-13/h5-7,11-12,23H,4,8-10H2,1-3H3. The van der Waals surface area contributed by atoms with E-state index in [0.29, 0.717) is 41.8 Å². The maximum atomic E-state index is 12.4. The Kier molecular flexibility index (Phi) is 4.41. The molecule has 1 heterocycles. The molecule has 0 saturated heterocycles.